The van der Waals surface area contributed by atoms with Crippen molar-refractivity contribution in [2.75, 3.05) is 12.0 Å². The van der Waals surface area contributed by atoms with Gasteiger partial charge in [0.1, 0.15) is 11.3 Å². The lowest BCUT2D eigenvalue weighted by molar-refractivity contribution is -0.148. The lowest BCUT2D eigenvalue weighted by atomic mass is 9.79. The van der Waals surface area contributed by atoms with Crippen molar-refractivity contribution in [1.82, 2.24) is 9.80 Å². The molecule has 5 rings (SSSR count). The molecule has 0 unspecified atom stereocenters. The molecule has 0 radical (unpaired) electrons. The highest BCUT2D eigenvalue weighted by atomic mass is 16.5. The molecule has 2 aromatic carbocycles. The number of hydrogen-bond acceptors (Lipinski definition) is 5. The van der Waals surface area contributed by atoms with Gasteiger partial charge in [0.2, 0.25) is 11.8 Å². The minimum atomic E-state index is -1.50. The number of rotatable bonds is 3. The van der Waals surface area contributed by atoms with Gasteiger partial charge < -0.3 is 9.64 Å². The van der Waals surface area contributed by atoms with Crippen LogP contribution < -0.4 is 9.64 Å². The first kappa shape index (κ1) is 23.1. The van der Waals surface area contributed by atoms with Gasteiger partial charge >= 0.3 is 6.03 Å². The van der Waals surface area contributed by atoms with Gasteiger partial charge in [-0.3, -0.25) is 19.3 Å². The number of likely N-dealkylation sites (tertiary alicyclic amines) is 1. The number of nitrogens with zero attached hydrogens (tertiary/aromatic N) is 3. The van der Waals surface area contributed by atoms with Crippen LogP contribution in [0.25, 0.3) is 0 Å². The summed E-state index contributed by atoms with van der Waals surface area (Å²) in [5.41, 5.74) is -0.232. The van der Waals surface area contributed by atoms with Crippen LogP contribution in [0.3, 0.4) is 0 Å². The highest BCUT2D eigenvalue weighted by molar-refractivity contribution is 6.26. The maximum atomic E-state index is 14.0. The van der Waals surface area contributed by atoms with Crippen molar-refractivity contribution in [2.45, 2.75) is 51.7 Å². The van der Waals surface area contributed by atoms with Crippen molar-refractivity contribution < 1.29 is 23.9 Å². The molecule has 0 aromatic heterocycles. The van der Waals surface area contributed by atoms with Crippen LogP contribution in [0.1, 0.15) is 44.9 Å². The fourth-order valence-electron chi connectivity index (χ4n) is 5.99. The predicted molar refractivity (Wildman–Crippen MR) is 129 cm³/mol. The summed E-state index contributed by atoms with van der Waals surface area (Å²) >= 11 is 0. The molecule has 0 N–H and O–H groups in total. The molecular formula is C27H29N3O5. The lowest BCUT2D eigenvalue weighted by Crippen LogP contribution is -2.54. The summed E-state index contributed by atoms with van der Waals surface area (Å²) < 4.78 is 5.28. The first-order chi connectivity index (χ1) is 16.4. The van der Waals surface area contributed by atoms with Crippen molar-refractivity contribution >= 4 is 29.4 Å². The molecule has 4 atom stereocenters. The van der Waals surface area contributed by atoms with Crippen LogP contribution >= 0.6 is 0 Å². The molecule has 8 heteroatoms. The summed E-state index contributed by atoms with van der Waals surface area (Å²) in [5.74, 6) is -2.47. The Balaban J connectivity index is 1.71. The van der Waals surface area contributed by atoms with Gasteiger partial charge in [-0.25, -0.2) is 9.69 Å². The number of amides is 5. The Hall–Kier alpha value is -3.68. The van der Waals surface area contributed by atoms with Crippen LogP contribution in [0.4, 0.5) is 10.5 Å². The summed E-state index contributed by atoms with van der Waals surface area (Å²) in [6, 6.07) is 12.9. The van der Waals surface area contributed by atoms with Crippen molar-refractivity contribution in [1.29, 1.82) is 0 Å². The number of ether oxygens (including phenoxy) is 1. The van der Waals surface area contributed by atoms with Gasteiger partial charge in [0.25, 0.3) is 5.91 Å². The van der Waals surface area contributed by atoms with E-state index < -0.39 is 46.8 Å². The molecule has 182 valence electrons. The van der Waals surface area contributed by atoms with Crippen molar-refractivity contribution in [3.05, 3.63) is 59.7 Å². The van der Waals surface area contributed by atoms with E-state index in [-0.39, 0.29) is 5.91 Å². The maximum absolute atomic E-state index is 14.0. The Morgan fingerprint density at radius 3 is 2.17 bits per heavy atom. The second-order valence-electron chi connectivity index (χ2n) is 10.7. The molecule has 2 aromatic rings. The molecule has 0 saturated carbocycles. The van der Waals surface area contributed by atoms with Gasteiger partial charge in [0.05, 0.1) is 30.7 Å². The zero-order valence-electron chi connectivity index (χ0n) is 20.7. The van der Waals surface area contributed by atoms with E-state index in [1.54, 1.807) is 77.3 Å². The molecule has 3 aliphatic rings. The molecule has 0 spiro atoms. The van der Waals surface area contributed by atoms with E-state index in [9.17, 15) is 19.2 Å². The molecule has 3 fully saturated rings. The van der Waals surface area contributed by atoms with E-state index in [0.717, 1.165) is 10.5 Å². The van der Waals surface area contributed by atoms with Gasteiger partial charge in [-0.15, -0.1) is 0 Å². The summed E-state index contributed by atoms with van der Waals surface area (Å²) in [7, 11) is 1.56. The lowest BCUT2D eigenvalue weighted by Gasteiger charge is -2.36. The molecule has 3 heterocycles. The summed E-state index contributed by atoms with van der Waals surface area (Å²) in [6.07, 6.45) is 0. The van der Waals surface area contributed by atoms with Crippen molar-refractivity contribution in [3.63, 3.8) is 0 Å². The number of anilines is 1. The van der Waals surface area contributed by atoms with Crippen LogP contribution in [-0.4, -0.2) is 51.7 Å². The number of fused-ring (bicyclic) bond motifs is 3. The van der Waals surface area contributed by atoms with Crippen LogP contribution in [0.2, 0.25) is 0 Å². The molecule has 8 nitrogen and oxygen atoms in total. The zero-order chi connectivity index (χ0) is 25.4. The van der Waals surface area contributed by atoms with Crippen LogP contribution in [0.15, 0.2) is 48.5 Å². The first-order valence-electron chi connectivity index (χ1n) is 11.7. The second-order valence-corrected chi connectivity index (χ2v) is 10.7. The Labute approximate surface area is 204 Å². The summed E-state index contributed by atoms with van der Waals surface area (Å²) in [6.45, 7) is 8.91. The number of urea groups is 1. The fraction of sp³-hybridized carbons (Fsp3) is 0.407. The molecule has 0 bridgehead atoms. The third kappa shape index (κ3) is 2.98. The predicted octanol–water partition coefficient (Wildman–Crippen LogP) is 3.69. The number of aryl methyl sites for hydroxylation is 1. The Kier molecular flexibility index (Phi) is 4.88. The van der Waals surface area contributed by atoms with E-state index in [2.05, 4.69) is 0 Å². The van der Waals surface area contributed by atoms with Gasteiger partial charge in [0.15, 0.2) is 0 Å². The summed E-state index contributed by atoms with van der Waals surface area (Å²) in [4.78, 5) is 59.4. The van der Waals surface area contributed by atoms with Crippen LogP contribution in [-0.2, 0) is 14.4 Å². The van der Waals surface area contributed by atoms with Gasteiger partial charge in [0, 0.05) is 5.54 Å². The largest absolute Gasteiger partial charge is 0.497 e. The Bertz CT molecular complexity index is 1260. The van der Waals surface area contributed by atoms with Crippen LogP contribution in [0, 0.1) is 18.8 Å². The number of methoxy groups -OCH3 is 1. The number of imide groups is 2. The molecule has 3 aliphatic heterocycles. The summed E-state index contributed by atoms with van der Waals surface area (Å²) in [5, 5.41) is 0. The topological polar surface area (TPSA) is 87.2 Å². The minimum Gasteiger partial charge on any atom is -0.497 e. The van der Waals surface area contributed by atoms with E-state index in [4.69, 9.17) is 4.74 Å². The number of hydrogen-bond donors (Lipinski definition) is 0. The molecule has 5 amide bonds. The van der Waals surface area contributed by atoms with Crippen molar-refractivity contribution in [3.8, 4) is 5.75 Å². The second kappa shape index (κ2) is 7.41. The highest BCUT2D eigenvalue weighted by Crippen LogP contribution is 2.59. The maximum Gasteiger partial charge on any atom is 0.332 e. The van der Waals surface area contributed by atoms with Crippen molar-refractivity contribution in [2.24, 2.45) is 11.8 Å². The van der Waals surface area contributed by atoms with Gasteiger partial charge in [-0.05, 0) is 70.0 Å². The standard InChI is InChI=1S/C27H29N3O5/c1-15-8-7-9-17(14-15)28-24(33)27(5)20-19(22(31)30(23(20)32)26(2,3)4)21(29(27)25(28)34)16-10-12-18(35-6)13-11-16/h7-14,19-21H,1-6H3/t19-,20-,21-,27-/m1/s1. The Morgan fingerprint density at radius 1 is 0.943 bits per heavy atom. The molecule has 3 saturated heterocycles. The minimum absolute atomic E-state index is 0.355. The van der Waals surface area contributed by atoms with E-state index in [1.807, 2.05) is 13.0 Å². The first-order valence-corrected chi connectivity index (χ1v) is 11.7. The van der Waals surface area contributed by atoms with E-state index in [1.165, 1.54) is 9.80 Å². The number of benzene rings is 2. The average Bonchev–Trinajstić information content (AvgIpc) is 3.30. The normalized spacial score (nSPS) is 28.2. The SMILES string of the molecule is COc1ccc([C@@H]2[C@@H]3C(=O)N(C(C)(C)C)C(=O)[C@@H]3[C@]3(C)C(=O)N(c4cccc(C)c4)C(=O)N23)cc1. The third-order valence-electron chi connectivity index (χ3n) is 7.50. The third-order valence-corrected chi connectivity index (χ3v) is 7.50. The number of carbonyl (C=O) groups is 4. The average molecular weight is 476 g/mol. The molecular weight excluding hydrogens is 446 g/mol. The quantitative estimate of drug-likeness (QED) is 0.499. The number of carbonyl (C=O) groups excluding carboxylic acids is 4. The molecule has 0 aliphatic carbocycles. The Morgan fingerprint density at radius 2 is 1.60 bits per heavy atom. The highest BCUT2D eigenvalue weighted by Gasteiger charge is 2.76. The van der Waals surface area contributed by atoms with E-state index in [0.29, 0.717) is 17.0 Å². The smallest absolute Gasteiger partial charge is 0.332 e. The molecule has 35 heavy (non-hydrogen) atoms. The van der Waals surface area contributed by atoms with E-state index >= 15 is 0 Å². The van der Waals surface area contributed by atoms with Crippen LogP contribution in [0.5, 0.6) is 5.75 Å². The van der Waals surface area contributed by atoms with Gasteiger partial charge in [-0.1, -0.05) is 24.3 Å². The monoisotopic (exact) mass is 475 g/mol. The fourth-order valence-corrected chi connectivity index (χ4v) is 5.99. The zero-order valence-corrected chi connectivity index (χ0v) is 20.7. The van der Waals surface area contributed by atoms with Gasteiger partial charge in [-0.2, -0.15) is 0 Å².